The second-order valence-corrected chi connectivity index (χ2v) is 2.25. The van der Waals surface area contributed by atoms with Gasteiger partial charge in [-0.15, -0.1) is 0 Å². The molecule has 1 fully saturated rings. The van der Waals surface area contributed by atoms with Crippen LogP contribution in [0.1, 0.15) is 0 Å². The minimum absolute atomic E-state index is 0.205. The highest BCUT2D eigenvalue weighted by Gasteiger charge is 2.15. The zero-order chi connectivity index (χ0) is 6.69. The van der Waals surface area contributed by atoms with Crippen LogP contribution in [0, 0.1) is 11.3 Å². The molecule has 0 aromatic rings. The van der Waals surface area contributed by atoms with E-state index in [0.717, 1.165) is 13.1 Å². The van der Waals surface area contributed by atoms with Gasteiger partial charge in [-0.1, -0.05) is 0 Å². The molecule has 0 radical (unpaired) electrons. The normalized spacial score (nSPS) is 29.6. The van der Waals surface area contributed by atoms with Crippen LogP contribution in [0.4, 0.5) is 0 Å². The molecule has 1 saturated heterocycles. The molecule has 0 unspecified atom stereocenters. The number of morpholine rings is 1. The first-order chi connectivity index (χ1) is 4.33. The minimum Gasteiger partial charge on any atom is -0.361 e. The first kappa shape index (κ1) is 6.53. The lowest BCUT2D eigenvalue weighted by Crippen LogP contribution is -2.39. The molecular formula is C6H10N2O. The largest absolute Gasteiger partial charge is 0.361 e. The van der Waals surface area contributed by atoms with Crippen LogP contribution in [0.5, 0.6) is 0 Å². The summed E-state index contributed by atoms with van der Waals surface area (Å²) < 4.78 is 5.09. The summed E-state index contributed by atoms with van der Waals surface area (Å²) in [5.41, 5.74) is 0. The number of hydrogen-bond donors (Lipinski definition) is 0. The second kappa shape index (κ2) is 2.81. The first-order valence-corrected chi connectivity index (χ1v) is 3.02. The molecule has 0 amide bonds. The van der Waals surface area contributed by atoms with Gasteiger partial charge in [0, 0.05) is 13.1 Å². The third-order valence-corrected chi connectivity index (χ3v) is 1.41. The van der Waals surface area contributed by atoms with Crippen molar-refractivity contribution >= 4 is 0 Å². The molecule has 0 saturated carbocycles. The van der Waals surface area contributed by atoms with Crippen LogP contribution in [0.2, 0.25) is 0 Å². The average Bonchev–Trinajstić information content (AvgIpc) is 1.88. The van der Waals surface area contributed by atoms with Gasteiger partial charge in [-0.25, -0.2) is 0 Å². The fourth-order valence-corrected chi connectivity index (χ4v) is 0.856. The number of rotatable bonds is 0. The van der Waals surface area contributed by atoms with E-state index in [1.165, 1.54) is 0 Å². The van der Waals surface area contributed by atoms with Gasteiger partial charge in [-0.2, -0.15) is 5.26 Å². The number of ether oxygens (including phenoxy) is 1. The number of nitrogens with zero attached hydrogens (tertiary/aromatic N) is 2. The van der Waals surface area contributed by atoms with Crippen molar-refractivity contribution < 1.29 is 4.74 Å². The van der Waals surface area contributed by atoms with Gasteiger partial charge in [0.25, 0.3) is 0 Å². The quantitative estimate of drug-likeness (QED) is 0.452. The summed E-state index contributed by atoms with van der Waals surface area (Å²) in [6, 6.07) is 2.07. The molecule has 1 aliphatic rings. The molecule has 1 aliphatic heterocycles. The average molecular weight is 126 g/mol. The van der Waals surface area contributed by atoms with E-state index in [1.807, 2.05) is 7.05 Å². The van der Waals surface area contributed by atoms with Gasteiger partial charge in [-0.3, -0.25) is 0 Å². The predicted octanol–water partition coefficient (Wildman–Crippen LogP) is -0.159. The van der Waals surface area contributed by atoms with Crippen molar-refractivity contribution in [1.82, 2.24) is 4.90 Å². The topological polar surface area (TPSA) is 36.3 Å². The van der Waals surface area contributed by atoms with Crippen molar-refractivity contribution in [3.05, 3.63) is 0 Å². The highest BCUT2D eigenvalue weighted by atomic mass is 16.5. The summed E-state index contributed by atoms with van der Waals surface area (Å²) in [4.78, 5) is 2.09. The number of hydrogen-bond acceptors (Lipinski definition) is 3. The Hall–Kier alpha value is -0.590. The van der Waals surface area contributed by atoms with Crippen LogP contribution in [-0.4, -0.2) is 37.7 Å². The van der Waals surface area contributed by atoms with Crippen LogP contribution < -0.4 is 0 Å². The Labute approximate surface area is 54.8 Å². The Morgan fingerprint density at radius 2 is 2.56 bits per heavy atom. The standard InChI is InChI=1S/C6H10N2O/c1-8-2-3-9-6(4-7)5-8/h6H,2-3,5H2,1H3/t6-/m0/s1. The summed E-state index contributed by atoms with van der Waals surface area (Å²) in [6.45, 7) is 2.38. The third kappa shape index (κ3) is 1.67. The molecule has 0 spiro atoms. The van der Waals surface area contributed by atoms with E-state index in [0.29, 0.717) is 6.61 Å². The van der Waals surface area contributed by atoms with Gasteiger partial charge >= 0.3 is 0 Å². The molecule has 9 heavy (non-hydrogen) atoms. The van der Waals surface area contributed by atoms with Crippen LogP contribution in [-0.2, 0) is 4.74 Å². The molecule has 1 atom stereocenters. The molecule has 0 aromatic carbocycles. The highest BCUT2D eigenvalue weighted by Crippen LogP contribution is 2.00. The summed E-state index contributed by atoms with van der Waals surface area (Å²) in [6.07, 6.45) is -0.205. The molecule has 50 valence electrons. The van der Waals surface area contributed by atoms with Gasteiger partial charge in [-0.05, 0) is 7.05 Å². The van der Waals surface area contributed by atoms with E-state index in [-0.39, 0.29) is 6.10 Å². The fraction of sp³-hybridized carbons (Fsp3) is 0.833. The Morgan fingerprint density at radius 3 is 3.00 bits per heavy atom. The third-order valence-electron chi connectivity index (χ3n) is 1.41. The van der Waals surface area contributed by atoms with Crippen LogP contribution >= 0.6 is 0 Å². The van der Waals surface area contributed by atoms with Gasteiger partial charge in [0.1, 0.15) is 0 Å². The Kier molecular flexibility index (Phi) is 2.04. The highest BCUT2D eigenvalue weighted by molar-refractivity contribution is 4.88. The fourth-order valence-electron chi connectivity index (χ4n) is 0.856. The molecule has 3 heteroatoms. The van der Waals surface area contributed by atoms with Crippen LogP contribution in [0.25, 0.3) is 0 Å². The summed E-state index contributed by atoms with van der Waals surface area (Å²) in [5.74, 6) is 0. The van der Waals surface area contributed by atoms with E-state index >= 15 is 0 Å². The van der Waals surface area contributed by atoms with Crippen molar-refractivity contribution in [3.8, 4) is 6.07 Å². The summed E-state index contributed by atoms with van der Waals surface area (Å²) in [5, 5.41) is 8.41. The maximum atomic E-state index is 8.41. The molecule has 0 bridgehead atoms. The van der Waals surface area contributed by atoms with Crippen LogP contribution in [0.3, 0.4) is 0 Å². The smallest absolute Gasteiger partial charge is 0.156 e. The van der Waals surface area contributed by atoms with Gasteiger partial charge < -0.3 is 9.64 Å². The molecule has 3 nitrogen and oxygen atoms in total. The molecule has 0 aromatic heterocycles. The first-order valence-electron chi connectivity index (χ1n) is 3.02. The zero-order valence-electron chi connectivity index (χ0n) is 5.50. The van der Waals surface area contributed by atoms with Gasteiger partial charge in [0.05, 0.1) is 12.7 Å². The van der Waals surface area contributed by atoms with Gasteiger partial charge in [0.2, 0.25) is 0 Å². The van der Waals surface area contributed by atoms with E-state index in [1.54, 1.807) is 0 Å². The lowest BCUT2D eigenvalue weighted by atomic mass is 10.3. The van der Waals surface area contributed by atoms with Crippen molar-refractivity contribution in [1.29, 1.82) is 5.26 Å². The van der Waals surface area contributed by atoms with Crippen LogP contribution in [0.15, 0.2) is 0 Å². The van der Waals surface area contributed by atoms with Crippen molar-refractivity contribution in [3.63, 3.8) is 0 Å². The monoisotopic (exact) mass is 126 g/mol. The predicted molar refractivity (Wildman–Crippen MR) is 32.8 cm³/mol. The second-order valence-electron chi connectivity index (χ2n) is 2.25. The number of nitriles is 1. The number of likely N-dealkylation sites (N-methyl/N-ethyl adjacent to an activating group) is 1. The minimum atomic E-state index is -0.205. The summed E-state index contributed by atoms with van der Waals surface area (Å²) in [7, 11) is 1.99. The zero-order valence-corrected chi connectivity index (χ0v) is 5.50. The van der Waals surface area contributed by atoms with E-state index in [9.17, 15) is 0 Å². The maximum Gasteiger partial charge on any atom is 0.156 e. The summed E-state index contributed by atoms with van der Waals surface area (Å²) >= 11 is 0. The van der Waals surface area contributed by atoms with Crippen molar-refractivity contribution in [2.45, 2.75) is 6.10 Å². The van der Waals surface area contributed by atoms with E-state index in [4.69, 9.17) is 10.00 Å². The van der Waals surface area contributed by atoms with Crippen molar-refractivity contribution in [2.75, 3.05) is 26.7 Å². The molecule has 0 N–H and O–H groups in total. The maximum absolute atomic E-state index is 8.41. The SMILES string of the molecule is CN1CCO[C@@H](C#N)C1. The molecule has 1 heterocycles. The Bertz CT molecular complexity index is 130. The van der Waals surface area contributed by atoms with Crippen molar-refractivity contribution in [2.24, 2.45) is 0 Å². The molecule has 0 aliphatic carbocycles. The van der Waals surface area contributed by atoms with E-state index < -0.39 is 0 Å². The van der Waals surface area contributed by atoms with E-state index in [2.05, 4.69) is 11.0 Å². The lowest BCUT2D eigenvalue weighted by molar-refractivity contribution is 0.0110. The molecular weight excluding hydrogens is 116 g/mol. The Morgan fingerprint density at radius 1 is 1.78 bits per heavy atom. The molecule has 1 rings (SSSR count). The van der Waals surface area contributed by atoms with Gasteiger partial charge in [0.15, 0.2) is 6.10 Å². The lowest BCUT2D eigenvalue weighted by Gasteiger charge is -2.25. The Balaban J connectivity index is 2.34.